The molecule has 182 valence electrons. The number of hydrogen-bond acceptors (Lipinski definition) is 7. The van der Waals surface area contributed by atoms with Crippen LogP contribution in [0.2, 0.25) is 0 Å². The van der Waals surface area contributed by atoms with Crippen LogP contribution in [-0.2, 0) is 13.5 Å². The normalized spacial score (nSPS) is 13.9. The molecule has 0 aliphatic carbocycles. The predicted molar refractivity (Wildman–Crippen MR) is 140 cm³/mol. The number of benzene rings is 1. The Hall–Kier alpha value is -4.40. The van der Waals surface area contributed by atoms with Crippen molar-refractivity contribution in [3.63, 3.8) is 0 Å². The van der Waals surface area contributed by atoms with E-state index in [2.05, 4.69) is 60.4 Å². The van der Waals surface area contributed by atoms with Crippen molar-refractivity contribution in [3.05, 3.63) is 84.7 Å². The molecule has 0 atom stereocenters. The molecule has 1 fully saturated rings. The summed E-state index contributed by atoms with van der Waals surface area (Å²) in [5.41, 5.74) is 6.75. The van der Waals surface area contributed by atoms with Gasteiger partial charge in [-0.15, -0.1) is 0 Å². The van der Waals surface area contributed by atoms with E-state index in [1.54, 1.807) is 7.11 Å². The molecule has 1 aromatic carbocycles. The van der Waals surface area contributed by atoms with Gasteiger partial charge in [0, 0.05) is 75.6 Å². The summed E-state index contributed by atoms with van der Waals surface area (Å²) < 4.78 is 9.00. The summed E-state index contributed by atoms with van der Waals surface area (Å²) in [7, 11) is 3.61. The number of ether oxygens (including phenoxy) is 1. The Labute approximate surface area is 209 Å². The number of nitrogens with zero attached hydrogens (tertiary/aromatic N) is 8. The van der Waals surface area contributed by atoms with Crippen LogP contribution in [-0.4, -0.2) is 62.7 Å². The lowest BCUT2D eigenvalue weighted by Gasteiger charge is -2.35. The summed E-state index contributed by atoms with van der Waals surface area (Å²) in [6, 6.07) is 12.4. The maximum Gasteiger partial charge on any atom is 0.225 e. The summed E-state index contributed by atoms with van der Waals surface area (Å²) in [6.07, 6.45) is 12.6. The molecule has 0 unspecified atom stereocenters. The van der Waals surface area contributed by atoms with Gasteiger partial charge in [-0.2, -0.15) is 10.2 Å². The fourth-order valence-corrected chi connectivity index (χ4v) is 4.68. The average molecular weight is 481 g/mol. The number of hydrogen-bond donors (Lipinski definition) is 0. The molecule has 36 heavy (non-hydrogen) atoms. The highest BCUT2D eigenvalue weighted by atomic mass is 16.5. The first kappa shape index (κ1) is 22.1. The summed E-state index contributed by atoms with van der Waals surface area (Å²) in [5.74, 6) is 1.65. The Morgan fingerprint density at radius 3 is 2.19 bits per heavy atom. The van der Waals surface area contributed by atoms with Crippen LogP contribution >= 0.6 is 0 Å². The van der Waals surface area contributed by atoms with Gasteiger partial charge < -0.3 is 14.5 Å². The van der Waals surface area contributed by atoms with Gasteiger partial charge in [-0.3, -0.25) is 4.68 Å². The molecule has 0 amide bonds. The van der Waals surface area contributed by atoms with Crippen molar-refractivity contribution < 1.29 is 4.74 Å². The monoisotopic (exact) mass is 480 g/mol. The summed E-state index contributed by atoms with van der Waals surface area (Å²) in [5, 5.41) is 8.89. The van der Waals surface area contributed by atoms with Crippen LogP contribution in [0.5, 0.6) is 5.75 Å². The largest absolute Gasteiger partial charge is 0.497 e. The maximum absolute atomic E-state index is 5.24. The number of methoxy groups -OCH3 is 1. The molecular formula is C27H28N8O. The van der Waals surface area contributed by atoms with Gasteiger partial charge in [-0.25, -0.2) is 14.5 Å². The van der Waals surface area contributed by atoms with Gasteiger partial charge in [0.2, 0.25) is 5.95 Å². The second-order valence-electron chi connectivity index (χ2n) is 9.07. The SMILES string of the molecule is COc1ccc(Cc2cnc(N3CCN(c4cnn5cc(-c6cnn(C)c6)ccc45)CC3)nc2)cc1. The fraction of sp³-hybridized carbons (Fsp3) is 0.259. The molecule has 0 bridgehead atoms. The van der Waals surface area contributed by atoms with Gasteiger partial charge in [0.25, 0.3) is 0 Å². The molecule has 9 nitrogen and oxygen atoms in total. The number of aryl methyl sites for hydroxylation is 1. The number of piperazine rings is 1. The van der Waals surface area contributed by atoms with E-state index < -0.39 is 0 Å². The minimum Gasteiger partial charge on any atom is -0.497 e. The first-order valence-corrected chi connectivity index (χ1v) is 12.1. The molecule has 5 heterocycles. The number of pyridine rings is 1. The van der Waals surface area contributed by atoms with E-state index in [0.29, 0.717) is 0 Å². The third kappa shape index (κ3) is 4.35. The number of rotatable bonds is 6. The standard InChI is InChI=1S/C27H28N8O/c1-32-18-23(16-30-32)22-5-8-25-26(17-31-35(25)19-22)33-9-11-34(12-10-33)27-28-14-21(15-29-27)13-20-3-6-24(36-2)7-4-20/h3-8,14-19H,9-13H2,1-2H3. The molecule has 1 aliphatic heterocycles. The van der Waals surface area contributed by atoms with Crippen LogP contribution in [0.15, 0.2) is 73.6 Å². The second-order valence-corrected chi connectivity index (χ2v) is 9.07. The zero-order valence-corrected chi connectivity index (χ0v) is 20.4. The highest BCUT2D eigenvalue weighted by Crippen LogP contribution is 2.27. The Morgan fingerprint density at radius 1 is 0.750 bits per heavy atom. The van der Waals surface area contributed by atoms with Crippen LogP contribution in [0.3, 0.4) is 0 Å². The molecule has 4 aromatic heterocycles. The van der Waals surface area contributed by atoms with Crippen molar-refractivity contribution >= 4 is 17.2 Å². The fourth-order valence-electron chi connectivity index (χ4n) is 4.68. The van der Waals surface area contributed by atoms with E-state index in [0.717, 1.165) is 72.2 Å². The van der Waals surface area contributed by atoms with Crippen molar-refractivity contribution in [1.29, 1.82) is 0 Å². The van der Waals surface area contributed by atoms with E-state index in [-0.39, 0.29) is 0 Å². The van der Waals surface area contributed by atoms with Gasteiger partial charge in [-0.1, -0.05) is 18.2 Å². The Morgan fingerprint density at radius 2 is 1.50 bits per heavy atom. The predicted octanol–water partition coefficient (Wildman–Crippen LogP) is 3.45. The Bertz CT molecular complexity index is 1460. The number of anilines is 2. The molecule has 9 heteroatoms. The minimum atomic E-state index is 0.786. The van der Waals surface area contributed by atoms with Crippen LogP contribution in [0, 0.1) is 0 Å². The number of aromatic nitrogens is 6. The zero-order valence-electron chi connectivity index (χ0n) is 20.4. The number of fused-ring (bicyclic) bond motifs is 1. The maximum atomic E-state index is 5.24. The lowest BCUT2D eigenvalue weighted by atomic mass is 10.1. The highest BCUT2D eigenvalue weighted by molar-refractivity contribution is 5.75. The molecule has 1 saturated heterocycles. The lowest BCUT2D eigenvalue weighted by molar-refractivity contribution is 0.414. The van der Waals surface area contributed by atoms with Crippen molar-refractivity contribution in [2.45, 2.75) is 6.42 Å². The highest BCUT2D eigenvalue weighted by Gasteiger charge is 2.21. The third-order valence-electron chi connectivity index (χ3n) is 6.70. The molecule has 6 rings (SSSR count). The molecule has 1 aliphatic rings. The van der Waals surface area contributed by atoms with Crippen LogP contribution in [0.25, 0.3) is 16.6 Å². The molecule has 5 aromatic rings. The van der Waals surface area contributed by atoms with Gasteiger partial charge in [0.15, 0.2) is 0 Å². The quantitative estimate of drug-likeness (QED) is 0.368. The zero-order chi connectivity index (χ0) is 24.5. The van der Waals surface area contributed by atoms with Crippen LogP contribution in [0.1, 0.15) is 11.1 Å². The molecular weight excluding hydrogens is 452 g/mol. The first-order chi connectivity index (χ1) is 17.7. The van der Waals surface area contributed by atoms with Crippen molar-refractivity contribution in [1.82, 2.24) is 29.4 Å². The molecule has 0 radical (unpaired) electrons. The van der Waals surface area contributed by atoms with Crippen molar-refractivity contribution in [3.8, 4) is 16.9 Å². The summed E-state index contributed by atoms with van der Waals surface area (Å²) in [6.45, 7) is 3.51. The first-order valence-electron chi connectivity index (χ1n) is 12.1. The topological polar surface area (TPSA) is 76.6 Å². The van der Waals surface area contributed by atoms with Crippen molar-refractivity contribution in [2.24, 2.45) is 7.05 Å². The van der Waals surface area contributed by atoms with Gasteiger partial charge >= 0.3 is 0 Å². The minimum absolute atomic E-state index is 0.786. The van der Waals surface area contributed by atoms with Gasteiger partial charge in [0.1, 0.15) is 5.75 Å². The van der Waals surface area contributed by atoms with E-state index in [1.807, 2.05) is 59.4 Å². The van der Waals surface area contributed by atoms with Crippen molar-refractivity contribution in [2.75, 3.05) is 43.1 Å². The third-order valence-corrected chi connectivity index (χ3v) is 6.70. The van der Waals surface area contributed by atoms with E-state index >= 15 is 0 Å². The van der Waals surface area contributed by atoms with E-state index in [9.17, 15) is 0 Å². The van der Waals surface area contributed by atoms with E-state index in [1.165, 1.54) is 5.56 Å². The van der Waals surface area contributed by atoms with Gasteiger partial charge in [0.05, 0.1) is 30.7 Å². The van der Waals surface area contributed by atoms with Crippen LogP contribution < -0.4 is 14.5 Å². The summed E-state index contributed by atoms with van der Waals surface area (Å²) in [4.78, 5) is 14.0. The smallest absolute Gasteiger partial charge is 0.225 e. The molecule has 0 N–H and O–H groups in total. The molecule has 0 saturated carbocycles. The Kier molecular flexibility index (Phi) is 5.73. The molecule has 0 spiro atoms. The Balaban J connectivity index is 1.10. The lowest BCUT2D eigenvalue weighted by Crippen LogP contribution is -2.47. The second kappa shape index (κ2) is 9.33. The van der Waals surface area contributed by atoms with E-state index in [4.69, 9.17) is 4.74 Å². The van der Waals surface area contributed by atoms with Gasteiger partial charge in [-0.05, 0) is 29.3 Å². The van der Waals surface area contributed by atoms with Crippen LogP contribution in [0.4, 0.5) is 11.6 Å². The summed E-state index contributed by atoms with van der Waals surface area (Å²) >= 11 is 0. The average Bonchev–Trinajstić information content (AvgIpc) is 3.55.